The van der Waals surface area contributed by atoms with Crippen LogP contribution < -0.4 is 4.90 Å². The summed E-state index contributed by atoms with van der Waals surface area (Å²) in [7, 11) is 0. The van der Waals surface area contributed by atoms with E-state index in [9.17, 15) is 0 Å². The zero-order valence-electron chi connectivity index (χ0n) is 40.5. The third kappa shape index (κ3) is 10.8. The lowest BCUT2D eigenvalue weighted by atomic mass is 9.93. The standard InChI is InChI=1S/C27H27N.C20H18S.C19H14O/c1-20-11-13-23(14-12-20)24-15-16-27-26(19-24)22(3)9-5-4-6-17-28(27)25-10-7-8-21(2)18-25;1-15-11-13-17(14-12-15)19-10-6-9-18(20(19)21-2)16-7-4-3-5-8-16;1-13-9-11-14(12-10-13)15-6-4-7-17-16-5-2-3-8-18(16)20-19(15)17/h4-16,18-19,22H,17H2,1-3H3;3-14H,1-2H3;2-12H,1H3/b6-4-,9-5-;;. The number of furan rings is 1. The van der Waals surface area contributed by atoms with Gasteiger partial charge in [0.2, 0.25) is 0 Å². The van der Waals surface area contributed by atoms with Gasteiger partial charge in [-0.2, -0.15) is 0 Å². The fraction of sp³-hybridized carbons (Fsp3) is 0.121. The lowest BCUT2D eigenvalue weighted by Gasteiger charge is -2.28. The number of fused-ring (bicyclic) bond motifs is 4. The molecule has 1 aliphatic rings. The number of benzene rings is 9. The number of hydrogen-bond acceptors (Lipinski definition) is 3. The highest BCUT2D eigenvalue weighted by Crippen LogP contribution is 2.40. The zero-order valence-corrected chi connectivity index (χ0v) is 41.3. The van der Waals surface area contributed by atoms with Crippen LogP contribution in [0.4, 0.5) is 11.4 Å². The van der Waals surface area contributed by atoms with Crippen molar-refractivity contribution in [3.63, 3.8) is 0 Å². The van der Waals surface area contributed by atoms with E-state index in [1.165, 1.54) is 93.8 Å². The molecule has 1 unspecified atom stereocenters. The topological polar surface area (TPSA) is 16.4 Å². The Morgan fingerprint density at radius 2 is 1.01 bits per heavy atom. The van der Waals surface area contributed by atoms with Crippen LogP contribution in [0.2, 0.25) is 0 Å². The van der Waals surface area contributed by atoms with Gasteiger partial charge < -0.3 is 9.32 Å². The van der Waals surface area contributed by atoms with Gasteiger partial charge in [0.1, 0.15) is 11.2 Å². The van der Waals surface area contributed by atoms with Crippen LogP contribution in [0.25, 0.3) is 66.4 Å². The first kappa shape index (κ1) is 46.5. The van der Waals surface area contributed by atoms with Crippen LogP contribution >= 0.6 is 11.8 Å². The number of thioether (sulfide) groups is 1. The highest BCUT2D eigenvalue weighted by molar-refractivity contribution is 7.98. The van der Waals surface area contributed by atoms with Crippen LogP contribution in [-0.4, -0.2) is 12.8 Å². The number of allylic oxidation sites excluding steroid dienone is 3. The Balaban J connectivity index is 0.000000131. The maximum absolute atomic E-state index is 6.07. The Bertz CT molecular complexity index is 3380. The number of rotatable bonds is 6. The van der Waals surface area contributed by atoms with Crippen LogP contribution in [0.3, 0.4) is 0 Å². The van der Waals surface area contributed by atoms with E-state index >= 15 is 0 Å². The Kier molecular flexibility index (Phi) is 14.5. The number of para-hydroxylation sites is 2. The van der Waals surface area contributed by atoms with Gasteiger partial charge in [0, 0.05) is 45.1 Å². The van der Waals surface area contributed by atoms with E-state index in [4.69, 9.17) is 4.42 Å². The number of aryl methyl sites for hydroxylation is 4. The summed E-state index contributed by atoms with van der Waals surface area (Å²) in [5.41, 5.74) is 21.0. The maximum atomic E-state index is 6.07. The van der Waals surface area contributed by atoms with Crippen molar-refractivity contribution in [2.24, 2.45) is 0 Å². The van der Waals surface area contributed by atoms with Crippen molar-refractivity contribution in [1.82, 2.24) is 0 Å². The summed E-state index contributed by atoms with van der Waals surface area (Å²) in [6, 6.07) is 73.5. The van der Waals surface area contributed by atoms with Crippen molar-refractivity contribution in [2.75, 3.05) is 17.7 Å². The molecule has 0 amide bonds. The van der Waals surface area contributed by atoms with Gasteiger partial charge in [-0.3, -0.25) is 0 Å². The summed E-state index contributed by atoms with van der Waals surface area (Å²) in [5, 5.41) is 2.36. The normalized spacial score (nSPS) is 14.0. The molecule has 340 valence electrons. The van der Waals surface area contributed by atoms with Crippen LogP contribution in [0.1, 0.15) is 40.7 Å². The lowest BCUT2D eigenvalue weighted by Crippen LogP contribution is -2.19. The highest BCUT2D eigenvalue weighted by atomic mass is 32.2. The summed E-state index contributed by atoms with van der Waals surface area (Å²) in [6.45, 7) is 11.7. The molecule has 1 aromatic heterocycles. The number of hydrogen-bond donors (Lipinski definition) is 0. The Hall–Kier alpha value is -7.59. The van der Waals surface area contributed by atoms with E-state index in [1.54, 1.807) is 0 Å². The third-order valence-electron chi connectivity index (χ3n) is 12.9. The molecule has 2 heterocycles. The summed E-state index contributed by atoms with van der Waals surface area (Å²) in [6.07, 6.45) is 11.0. The molecule has 0 fully saturated rings. The molecule has 0 spiro atoms. The van der Waals surface area contributed by atoms with Gasteiger partial charge in [0.05, 0.1) is 0 Å². The average molecular weight is 914 g/mol. The van der Waals surface area contributed by atoms with Gasteiger partial charge in [0.25, 0.3) is 0 Å². The van der Waals surface area contributed by atoms with E-state index in [0.29, 0.717) is 5.92 Å². The van der Waals surface area contributed by atoms with Gasteiger partial charge in [-0.25, -0.2) is 0 Å². The molecule has 11 rings (SSSR count). The van der Waals surface area contributed by atoms with E-state index < -0.39 is 0 Å². The molecule has 2 nitrogen and oxygen atoms in total. The molecule has 0 saturated carbocycles. The molecule has 0 bridgehead atoms. The Morgan fingerprint density at radius 1 is 0.464 bits per heavy atom. The van der Waals surface area contributed by atoms with Crippen molar-refractivity contribution >= 4 is 45.1 Å². The molecule has 0 radical (unpaired) electrons. The quantitative estimate of drug-likeness (QED) is 0.155. The van der Waals surface area contributed by atoms with Crippen molar-refractivity contribution < 1.29 is 4.42 Å². The summed E-state index contributed by atoms with van der Waals surface area (Å²) in [5.74, 6) is 0.343. The van der Waals surface area contributed by atoms with Gasteiger partial charge in [-0.1, -0.05) is 224 Å². The maximum Gasteiger partial charge on any atom is 0.143 e. The first-order valence-corrected chi connectivity index (χ1v) is 25.1. The molecule has 1 atom stereocenters. The summed E-state index contributed by atoms with van der Waals surface area (Å²) in [4.78, 5) is 3.76. The minimum absolute atomic E-state index is 0.343. The predicted octanol–water partition coefficient (Wildman–Crippen LogP) is 19.0. The first-order valence-electron chi connectivity index (χ1n) is 23.9. The summed E-state index contributed by atoms with van der Waals surface area (Å²) < 4.78 is 6.07. The van der Waals surface area contributed by atoms with E-state index in [0.717, 1.165) is 23.3 Å². The zero-order chi connectivity index (χ0) is 47.7. The van der Waals surface area contributed by atoms with Crippen molar-refractivity contribution in [1.29, 1.82) is 0 Å². The largest absolute Gasteiger partial charge is 0.455 e. The van der Waals surface area contributed by atoms with Crippen molar-refractivity contribution in [3.05, 3.63) is 258 Å². The second kappa shape index (κ2) is 21.6. The molecular weight excluding hydrogens is 855 g/mol. The van der Waals surface area contributed by atoms with Crippen LogP contribution in [0.15, 0.2) is 240 Å². The van der Waals surface area contributed by atoms with Gasteiger partial charge >= 0.3 is 0 Å². The Morgan fingerprint density at radius 3 is 1.68 bits per heavy atom. The third-order valence-corrected chi connectivity index (χ3v) is 13.7. The van der Waals surface area contributed by atoms with Gasteiger partial charge in [0.15, 0.2) is 0 Å². The second-order valence-corrected chi connectivity index (χ2v) is 18.8. The van der Waals surface area contributed by atoms with Crippen LogP contribution in [0, 0.1) is 27.7 Å². The number of anilines is 2. The predicted molar refractivity (Wildman–Crippen MR) is 299 cm³/mol. The van der Waals surface area contributed by atoms with Crippen LogP contribution in [-0.2, 0) is 0 Å². The molecule has 10 aromatic rings. The lowest BCUT2D eigenvalue weighted by molar-refractivity contribution is 0.670. The SMILES string of the molecule is CSc1c(-c2ccccc2)cccc1-c1ccc(C)cc1.Cc1ccc(-c2ccc3c(c2)C(C)/C=C\C=C/CN3c2cccc(C)c2)cc1.Cc1ccc(-c2cccc3c2oc2ccccc23)cc1. The first-order chi connectivity index (χ1) is 33.7. The molecule has 1 aliphatic heterocycles. The smallest absolute Gasteiger partial charge is 0.143 e. The van der Waals surface area contributed by atoms with E-state index in [1.807, 2.05) is 23.9 Å². The van der Waals surface area contributed by atoms with Crippen molar-refractivity contribution in [3.8, 4) is 44.5 Å². The number of nitrogens with zero attached hydrogens (tertiary/aromatic N) is 1. The second-order valence-electron chi connectivity index (χ2n) is 18.0. The minimum Gasteiger partial charge on any atom is -0.455 e. The highest BCUT2D eigenvalue weighted by Gasteiger charge is 2.18. The molecular formula is C66H59NOS. The molecule has 0 aliphatic carbocycles. The molecule has 9 aromatic carbocycles. The molecule has 0 saturated heterocycles. The minimum atomic E-state index is 0.343. The fourth-order valence-electron chi connectivity index (χ4n) is 9.08. The Labute approximate surface area is 413 Å². The van der Waals surface area contributed by atoms with Crippen LogP contribution in [0.5, 0.6) is 0 Å². The average Bonchev–Trinajstić information content (AvgIpc) is 3.80. The van der Waals surface area contributed by atoms with E-state index in [-0.39, 0.29) is 0 Å². The monoisotopic (exact) mass is 913 g/mol. The van der Waals surface area contributed by atoms with Crippen molar-refractivity contribution in [2.45, 2.75) is 45.4 Å². The molecule has 3 heteroatoms. The van der Waals surface area contributed by atoms with E-state index in [2.05, 4.69) is 264 Å². The van der Waals surface area contributed by atoms with Gasteiger partial charge in [-0.15, -0.1) is 11.8 Å². The fourth-order valence-corrected chi connectivity index (χ4v) is 9.89. The summed E-state index contributed by atoms with van der Waals surface area (Å²) >= 11 is 1.82. The molecule has 0 N–H and O–H groups in total. The van der Waals surface area contributed by atoms with Gasteiger partial charge in [-0.05, 0) is 114 Å². The molecule has 69 heavy (non-hydrogen) atoms.